The van der Waals surface area contributed by atoms with Crippen molar-refractivity contribution in [2.45, 2.75) is 65.3 Å². The lowest BCUT2D eigenvalue weighted by atomic mass is 10.1. The number of piperazine rings is 1. The van der Waals surface area contributed by atoms with Crippen molar-refractivity contribution in [3.8, 4) is 5.75 Å². The summed E-state index contributed by atoms with van der Waals surface area (Å²) >= 11 is 0. The third-order valence-corrected chi connectivity index (χ3v) is 12.2. The van der Waals surface area contributed by atoms with Gasteiger partial charge >= 0.3 is 6.09 Å². The molecule has 1 unspecified atom stereocenters. The maximum atomic E-state index is 13.7. The first-order valence-corrected chi connectivity index (χ1v) is 16.8. The second-order valence-electron chi connectivity index (χ2n) is 13.2. The number of rotatable bonds is 4. The van der Waals surface area contributed by atoms with E-state index in [1.54, 1.807) is 45.2 Å². The van der Waals surface area contributed by atoms with E-state index in [1.165, 1.54) is 0 Å². The van der Waals surface area contributed by atoms with E-state index in [0.717, 1.165) is 31.9 Å². The zero-order valence-electron chi connectivity index (χ0n) is 25.4. The van der Waals surface area contributed by atoms with Crippen molar-refractivity contribution in [2.24, 2.45) is 5.10 Å². The molecule has 2 aromatic rings. The van der Waals surface area contributed by atoms with Crippen LogP contribution in [0, 0.1) is 0 Å². The van der Waals surface area contributed by atoms with E-state index in [0.29, 0.717) is 22.6 Å². The lowest BCUT2D eigenvalue weighted by molar-refractivity contribution is 0.0163. The van der Waals surface area contributed by atoms with E-state index in [1.807, 2.05) is 24.3 Å². The summed E-state index contributed by atoms with van der Waals surface area (Å²) in [6, 6.07) is 13.0. The standard InChI is InChI=1S/C30H43N5O4Si/c1-29(2,3)38-28(37)35(26-20-25(15-12-23(26)21-31-35)39-40(8,9)30(4,5)6)32-27(36)22-10-13-24(14-11-22)34-18-16-33(7)17-19-34/h10-15,20-21H,16-19H2,1-9H3/p+1. The average molecular weight is 567 g/mol. The predicted molar refractivity (Wildman–Crippen MR) is 164 cm³/mol. The molecular formula is C30H44N5O4Si+. The summed E-state index contributed by atoms with van der Waals surface area (Å²) in [5.74, 6) is 0.198. The van der Waals surface area contributed by atoms with Crippen LogP contribution in [0.2, 0.25) is 18.1 Å². The molecule has 10 heteroatoms. The number of nitrogens with one attached hydrogen (secondary N) is 1. The number of hydrogen-bond acceptors (Lipinski definition) is 7. The third kappa shape index (κ3) is 6.24. The molecule has 216 valence electrons. The Bertz CT molecular complexity index is 1290. The fraction of sp³-hybridized carbons (Fsp3) is 0.500. The molecule has 40 heavy (non-hydrogen) atoms. The number of ether oxygens (including phenoxy) is 1. The third-order valence-electron chi connectivity index (χ3n) is 7.82. The first kappa shape index (κ1) is 29.8. The zero-order valence-corrected chi connectivity index (χ0v) is 26.4. The van der Waals surface area contributed by atoms with Gasteiger partial charge in [0.1, 0.15) is 17.6 Å². The van der Waals surface area contributed by atoms with Gasteiger partial charge in [0.05, 0.1) is 5.56 Å². The molecule has 9 nitrogen and oxygen atoms in total. The number of quaternary nitrogens is 1. The summed E-state index contributed by atoms with van der Waals surface area (Å²) < 4.78 is 11.5. The van der Waals surface area contributed by atoms with E-state index in [9.17, 15) is 9.59 Å². The zero-order chi connectivity index (χ0) is 29.5. The molecule has 0 radical (unpaired) electrons. The van der Waals surface area contributed by atoms with Gasteiger partial charge in [-0.3, -0.25) is 4.79 Å². The maximum Gasteiger partial charge on any atom is 0.576 e. The molecule has 2 aliphatic rings. The first-order chi connectivity index (χ1) is 18.5. The van der Waals surface area contributed by atoms with Crippen molar-refractivity contribution in [1.82, 2.24) is 15.0 Å². The highest BCUT2D eigenvalue weighted by atomic mass is 28.4. The molecule has 2 amide bonds. The Morgan fingerprint density at radius 3 is 2.15 bits per heavy atom. The Kier molecular flexibility index (Phi) is 7.92. The van der Waals surface area contributed by atoms with Crippen LogP contribution < -0.4 is 19.5 Å². The molecule has 0 spiro atoms. The van der Waals surface area contributed by atoms with Gasteiger partial charge < -0.3 is 19.0 Å². The molecule has 0 aliphatic carbocycles. The minimum absolute atomic E-state index is 0.00980. The van der Waals surface area contributed by atoms with E-state index >= 15 is 0 Å². The van der Waals surface area contributed by atoms with Crippen LogP contribution in [-0.2, 0) is 4.74 Å². The Balaban J connectivity index is 1.65. The average Bonchev–Trinajstić information content (AvgIpc) is 3.21. The minimum atomic E-state index is -2.16. The van der Waals surface area contributed by atoms with Crippen LogP contribution >= 0.6 is 0 Å². The van der Waals surface area contributed by atoms with Crippen molar-refractivity contribution >= 4 is 37.9 Å². The molecule has 0 bridgehead atoms. The molecule has 2 aromatic carbocycles. The number of carbonyl (C=O) groups is 2. The number of hydrogen-bond donors (Lipinski definition) is 1. The molecule has 1 atom stereocenters. The largest absolute Gasteiger partial charge is 0.576 e. The van der Waals surface area contributed by atoms with Gasteiger partial charge in [0.2, 0.25) is 14.0 Å². The Hall–Kier alpha value is -3.21. The summed E-state index contributed by atoms with van der Waals surface area (Å²) in [6.45, 7) is 20.1. The van der Waals surface area contributed by atoms with Crippen LogP contribution in [0.3, 0.4) is 0 Å². The van der Waals surface area contributed by atoms with Gasteiger partial charge in [-0.1, -0.05) is 20.8 Å². The number of fused-ring (bicyclic) bond motifs is 1. The summed E-state index contributed by atoms with van der Waals surface area (Å²) in [5, 5.41) is 4.51. The summed E-state index contributed by atoms with van der Waals surface area (Å²) in [6.07, 6.45) is 0.890. The molecule has 0 aromatic heterocycles. The molecule has 0 saturated carbocycles. The highest BCUT2D eigenvalue weighted by molar-refractivity contribution is 6.74. The van der Waals surface area contributed by atoms with Crippen LogP contribution in [0.4, 0.5) is 16.2 Å². The van der Waals surface area contributed by atoms with Gasteiger partial charge in [0, 0.05) is 48.2 Å². The molecule has 2 aliphatic heterocycles. The van der Waals surface area contributed by atoms with Crippen LogP contribution in [0.1, 0.15) is 57.5 Å². The summed E-state index contributed by atoms with van der Waals surface area (Å²) in [7, 11) is -0.0358. The number of anilines is 1. The first-order valence-electron chi connectivity index (χ1n) is 13.9. The van der Waals surface area contributed by atoms with Gasteiger partial charge in [0.25, 0.3) is 5.91 Å². The van der Waals surface area contributed by atoms with E-state index in [2.05, 4.69) is 61.2 Å². The van der Waals surface area contributed by atoms with Crippen LogP contribution in [0.15, 0.2) is 47.6 Å². The molecule has 2 heterocycles. The van der Waals surface area contributed by atoms with Gasteiger partial charge in [-0.2, -0.15) is 10.2 Å². The molecule has 4 rings (SSSR count). The van der Waals surface area contributed by atoms with Gasteiger partial charge in [-0.05, 0) is 87.5 Å². The van der Waals surface area contributed by atoms with E-state index in [4.69, 9.17) is 9.16 Å². The Labute approximate surface area is 239 Å². The molecule has 1 N–H and O–H groups in total. The number of amides is 2. The normalized spacial score (nSPS) is 19.8. The molecule has 1 saturated heterocycles. The number of benzene rings is 2. The maximum absolute atomic E-state index is 13.7. The van der Waals surface area contributed by atoms with E-state index in [-0.39, 0.29) is 5.04 Å². The number of likely N-dealkylation sites (N-methyl/N-ethyl adjacent to an activating group) is 1. The predicted octanol–water partition coefficient (Wildman–Crippen LogP) is 5.76. The van der Waals surface area contributed by atoms with Crippen molar-refractivity contribution in [2.75, 3.05) is 38.1 Å². The van der Waals surface area contributed by atoms with Gasteiger partial charge in [-0.25, -0.2) is 0 Å². The smallest absolute Gasteiger partial charge is 0.543 e. The van der Waals surface area contributed by atoms with Crippen molar-refractivity contribution in [1.29, 1.82) is 0 Å². The lowest BCUT2D eigenvalue weighted by Gasteiger charge is -2.36. The quantitative estimate of drug-likeness (QED) is 0.374. The van der Waals surface area contributed by atoms with Gasteiger partial charge in [-0.15, -0.1) is 0 Å². The van der Waals surface area contributed by atoms with Crippen molar-refractivity contribution in [3.63, 3.8) is 0 Å². The van der Waals surface area contributed by atoms with Crippen LogP contribution in [-0.4, -0.2) is 70.3 Å². The Morgan fingerprint density at radius 1 is 0.950 bits per heavy atom. The molecule has 1 fully saturated rings. The van der Waals surface area contributed by atoms with Crippen molar-refractivity contribution < 1.29 is 18.8 Å². The highest BCUT2D eigenvalue weighted by Crippen LogP contribution is 2.40. The van der Waals surface area contributed by atoms with Crippen LogP contribution in [0.5, 0.6) is 5.75 Å². The lowest BCUT2D eigenvalue weighted by Crippen LogP contribution is -2.62. The highest BCUT2D eigenvalue weighted by Gasteiger charge is 2.52. The number of nitrogens with zero attached hydrogens (tertiary/aromatic N) is 4. The van der Waals surface area contributed by atoms with E-state index < -0.39 is 30.6 Å². The SMILES string of the molecule is CN1CCN(c2ccc(C(=O)N[N+]3(C(=O)OC(C)(C)C)N=Cc4ccc(O[Si](C)(C)C(C)(C)C)cc43)cc2)CC1. The van der Waals surface area contributed by atoms with Crippen LogP contribution in [0.25, 0.3) is 0 Å². The fourth-order valence-corrected chi connectivity index (χ4v) is 5.37. The minimum Gasteiger partial charge on any atom is -0.543 e. The number of carbonyl (C=O) groups excluding carboxylic acids is 2. The Morgan fingerprint density at radius 2 is 1.57 bits per heavy atom. The van der Waals surface area contributed by atoms with Crippen molar-refractivity contribution in [3.05, 3.63) is 53.6 Å². The molecular weight excluding hydrogens is 522 g/mol. The second kappa shape index (κ2) is 10.6. The van der Waals surface area contributed by atoms with Gasteiger partial charge in [0.15, 0.2) is 0 Å². The summed E-state index contributed by atoms with van der Waals surface area (Å²) in [4.78, 5) is 32.0. The fourth-order valence-electron chi connectivity index (χ4n) is 4.34. The second-order valence-corrected chi connectivity index (χ2v) is 17.9. The monoisotopic (exact) mass is 566 g/mol. The summed E-state index contributed by atoms with van der Waals surface area (Å²) in [5.41, 5.74) is 4.77. The topological polar surface area (TPSA) is 83.5 Å².